The highest BCUT2D eigenvalue weighted by Crippen LogP contribution is 2.36. The molecule has 1 aliphatic rings. The highest BCUT2D eigenvalue weighted by molar-refractivity contribution is 6.02. The molecule has 3 N–H and O–H groups in total. The number of ether oxygens (including phenoxy) is 1. The molecule has 3 rings (SSSR count). The molecule has 2 amide bonds. The number of amides is 2. The molecule has 0 atom stereocenters. The van der Waals surface area contributed by atoms with Crippen LogP contribution in [0.15, 0.2) is 34.9 Å². The Kier molecular flexibility index (Phi) is 6.62. The lowest BCUT2D eigenvalue weighted by Gasteiger charge is -2.30. The highest BCUT2D eigenvalue weighted by atomic mass is 16.5. The molecule has 2 aromatic rings. The number of hydrogen-bond acceptors (Lipinski definition) is 6. The number of carbonyl (C=O) groups is 3. The first-order valence-corrected chi connectivity index (χ1v) is 10.2. The first kappa shape index (κ1) is 22.3. The average molecular weight is 429 g/mol. The molecule has 1 heterocycles. The van der Waals surface area contributed by atoms with E-state index >= 15 is 0 Å². The van der Waals surface area contributed by atoms with Gasteiger partial charge in [0.1, 0.15) is 5.54 Å². The van der Waals surface area contributed by atoms with Crippen LogP contribution in [0.3, 0.4) is 0 Å². The standard InChI is InChI=1S/C22H27N3O6/c1-22(2,21(28)29)24-19(26)15-6-4-13(5-7-15)14-8-10-16(11-9-14)23-20(27)17-12-18(30-3)25-31-17/h8-13,15H,4-7H2,1-3H3,(H,23,27)(H,24,26)(H,28,29). The number of carboxylic acids is 1. The van der Waals surface area contributed by atoms with Crippen molar-refractivity contribution in [3.63, 3.8) is 0 Å². The van der Waals surface area contributed by atoms with Crippen molar-refractivity contribution in [2.75, 3.05) is 12.4 Å². The number of carboxylic acid groups (broad SMARTS) is 1. The molecule has 0 radical (unpaired) electrons. The molecule has 1 aromatic heterocycles. The van der Waals surface area contributed by atoms with E-state index in [0.717, 1.165) is 18.4 Å². The van der Waals surface area contributed by atoms with Gasteiger partial charge in [-0.1, -0.05) is 12.1 Å². The summed E-state index contributed by atoms with van der Waals surface area (Å²) in [6.07, 6.45) is 3.10. The number of hydrogen-bond donors (Lipinski definition) is 3. The summed E-state index contributed by atoms with van der Waals surface area (Å²) in [5, 5.41) is 18.2. The first-order chi connectivity index (χ1) is 14.7. The van der Waals surface area contributed by atoms with E-state index in [0.29, 0.717) is 24.4 Å². The van der Waals surface area contributed by atoms with Gasteiger partial charge in [0, 0.05) is 11.6 Å². The van der Waals surface area contributed by atoms with Gasteiger partial charge in [-0.15, -0.1) is 0 Å². The summed E-state index contributed by atoms with van der Waals surface area (Å²) < 4.78 is 9.83. The predicted octanol–water partition coefficient (Wildman–Crippen LogP) is 3.19. The third-order valence-electron chi connectivity index (χ3n) is 5.63. The second-order valence-electron chi connectivity index (χ2n) is 8.28. The molecule has 0 unspecified atom stereocenters. The molecular weight excluding hydrogens is 402 g/mol. The zero-order chi connectivity index (χ0) is 22.6. The maximum Gasteiger partial charge on any atom is 0.328 e. The average Bonchev–Trinajstić information content (AvgIpc) is 3.23. The molecule has 0 spiro atoms. The van der Waals surface area contributed by atoms with Crippen LogP contribution in [-0.4, -0.2) is 40.7 Å². The fourth-order valence-electron chi connectivity index (χ4n) is 3.65. The molecule has 1 fully saturated rings. The van der Waals surface area contributed by atoms with Crippen molar-refractivity contribution in [1.82, 2.24) is 10.5 Å². The van der Waals surface area contributed by atoms with Crippen LogP contribution < -0.4 is 15.4 Å². The number of benzene rings is 1. The minimum Gasteiger partial charge on any atom is -0.480 e. The Morgan fingerprint density at radius 2 is 1.77 bits per heavy atom. The van der Waals surface area contributed by atoms with E-state index in [1.54, 1.807) is 0 Å². The number of methoxy groups -OCH3 is 1. The largest absolute Gasteiger partial charge is 0.480 e. The number of aliphatic carboxylic acids is 1. The first-order valence-electron chi connectivity index (χ1n) is 10.2. The van der Waals surface area contributed by atoms with Crippen LogP contribution in [0.25, 0.3) is 0 Å². The van der Waals surface area contributed by atoms with Gasteiger partial charge in [0.2, 0.25) is 11.7 Å². The zero-order valence-corrected chi connectivity index (χ0v) is 17.8. The molecule has 0 saturated heterocycles. The predicted molar refractivity (Wildman–Crippen MR) is 112 cm³/mol. The quantitative estimate of drug-likeness (QED) is 0.616. The van der Waals surface area contributed by atoms with Crippen LogP contribution in [0.1, 0.15) is 61.6 Å². The van der Waals surface area contributed by atoms with E-state index in [9.17, 15) is 19.5 Å². The Balaban J connectivity index is 1.52. The van der Waals surface area contributed by atoms with E-state index in [1.807, 2.05) is 24.3 Å². The van der Waals surface area contributed by atoms with Gasteiger partial charge >= 0.3 is 5.97 Å². The van der Waals surface area contributed by atoms with Crippen molar-refractivity contribution in [2.24, 2.45) is 5.92 Å². The summed E-state index contributed by atoms with van der Waals surface area (Å²) in [6.45, 7) is 2.97. The lowest BCUT2D eigenvalue weighted by Crippen LogP contribution is -2.51. The molecule has 9 nitrogen and oxygen atoms in total. The number of aromatic nitrogens is 1. The monoisotopic (exact) mass is 429 g/mol. The summed E-state index contributed by atoms with van der Waals surface area (Å²) in [5.41, 5.74) is 0.502. The molecule has 1 aromatic carbocycles. The smallest absolute Gasteiger partial charge is 0.328 e. The molecular formula is C22H27N3O6. The number of nitrogens with zero attached hydrogens (tertiary/aromatic N) is 1. The maximum atomic E-state index is 12.4. The number of carbonyl (C=O) groups excluding carboxylic acids is 2. The second-order valence-corrected chi connectivity index (χ2v) is 8.28. The SMILES string of the molecule is COc1cc(C(=O)Nc2ccc(C3CCC(C(=O)NC(C)(C)C(=O)O)CC3)cc2)on1. The van der Waals surface area contributed by atoms with Gasteiger partial charge < -0.3 is 25.0 Å². The van der Waals surface area contributed by atoms with Gasteiger partial charge in [0.15, 0.2) is 0 Å². The Bertz CT molecular complexity index is 942. The lowest BCUT2D eigenvalue weighted by molar-refractivity contribution is -0.146. The fourth-order valence-corrected chi connectivity index (χ4v) is 3.65. The normalized spacial score (nSPS) is 18.8. The Labute approximate surface area is 180 Å². The topological polar surface area (TPSA) is 131 Å². The molecule has 0 bridgehead atoms. The van der Waals surface area contributed by atoms with Crippen LogP contribution >= 0.6 is 0 Å². The van der Waals surface area contributed by atoms with Crippen LogP contribution in [0, 0.1) is 5.92 Å². The van der Waals surface area contributed by atoms with Gasteiger partial charge in [-0.25, -0.2) is 4.79 Å². The van der Waals surface area contributed by atoms with Crippen molar-refractivity contribution in [3.05, 3.63) is 41.7 Å². The van der Waals surface area contributed by atoms with Gasteiger partial charge in [0.05, 0.1) is 13.2 Å². The van der Waals surface area contributed by atoms with Crippen LogP contribution in [-0.2, 0) is 9.59 Å². The van der Waals surface area contributed by atoms with Crippen molar-refractivity contribution >= 4 is 23.5 Å². The minimum absolute atomic E-state index is 0.0589. The van der Waals surface area contributed by atoms with Crippen molar-refractivity contribution in [1.29, 1.82) is 0 Å². The van der Waals surface area contributed by atoms with E-state index < -0.39 is 17.4 Å². The van der Waals surface area contributed by atoms with Crippen LogP contribution in [0.4, 0.5) is 5.69 Å². The molecule has 9 heteroatoms. The Morgan fingerprint density at radius 1 is 1.13 bits per heavy atom. The minimum atomic E-state index is -1.27. The third-order valence-corrected chi connectivity index (χ3v) is 5.63. The Hall–Kier alpha value is -3.36. The van der Waals surface area contributed by atoms with E-state index in [2.05, 4.69) is 15.8 Å². The summed E-state index contributed by atoms with van der Waals surface area (Å²) in [4.78, 5) is 35.8. The maximum absolute atomic E-state index is 12.4. The van der Waals surface area contributed by atoms with Gasteiger partial charge in [0.25, 0.3) is 11.8 Å². The molecule has 1 saturated carbocycles. The van der Waals surface area contributed by atoms with E-state index in [-0.39, 0.29) is 23.5 Å². The summed E-state index contributed by atoms with van der Waals surface area (Å²) in [6, 6.07) is 9.00. The zero-order valence-electron chi connectivity index (χ0n) is 17.8. The molecule has 31 heavy (non-hydrogen) atoms. The summed E-state index contributed by atoms with van der Waals surface area (Å²) in [7, 11) is 1.44. The second kappa shape index (κ2) is 9.20. The number of rotatable bonds is 7. The third kappa shape index (κ3) is 5.42. The van der Waals surface area contributed by atoms with Crippen molar-refractivity contribution < 1.29 is 28.8 Å². The van der Waals surface area contributed by atoms with Crippen LogP contribution in [0.2, 0.25) is 0 Å². The summed E-state index contributed by atoms with van der Waals surface area (Å²) >= 11 is 0. The van der Waals surface area contributed by atoms with Crippen LogP contribution in [0.5, 0.6) is 5.88 Å². The van der Waals surface area contributed by atoms with Gasteiger partial charge in [-0.05, 0) is 68.3 Å². The molecule has 1 aliphatic carbocycles. The van der Waals surface area contributed by atoms with E-state index in [1.165, 1.54) is 27.0 Å². The lowest BCUT2D eigenvalue weighted by atomic mass is 9.78. The highest BCUT2D eigenvalue weighted by Gasteiger charge is 2.33. The fraction of sp³-hybridized carbons (Fsp3) is 0.455. The van der Waals surface area contributed by atoms with Crippen molar-refractivity contribution in [2.45, 2.75) is 51.0 Å². The number of anilines is 1. The summed E-state index contributed by atoms with van der Waals surface area (Å²) in [5.74, 6) is -1.23. The van der Waals surface area contributed by atoms with Gasteiger partial charge in [-0.3, -0.25) is 9.59 Å². The van der Waals surface area contributed by atoms with Crippen molar-refractivity contribution in [3.8, 4) is 5.88 Å². The van der Waals surface area contributed by atoms with E-state index in [4.69, 9.17) is 9.26 Å². The number of nitrogens with one attached hydrogen (secondary N) is 2. The van der Waals surface area contributed by atoms with Gasteiger partial charge in [-0.2, -0.15) is 0 Å². The Morgan fingerprint density at radius 3 is 2.32 bits per heavy atom. The molecule has 166 valence electrons. The molecule has 0 aliphatic heterocycles.